The lowest BCUT2D eigenvalue weighted by Crippen LogP contribution is -2.42. The van der Waals surface area contributed by atoms with Gasteiger partial charge in [0.25, 0.3) is 0 Å². The SMILES string of the molecule is C[C@@H](Cc1ccc(-c2ccccc2)cc1)NC(=O)CNC(=O)C1CC1. The quantitative estimate of drug-likeness (QED) is 0.817. The Morgan fingerprint density at radius 2 is 1.64 bits per heavy atom. The minimum Gasteiger partial charge on any atom is -0.352 e. The second-order valence-corrected chi connectivity index (χ2v) is 6.73. The molecule has 130 valence electrons. The monoisotopic (exact) mass is 336 g/mol. The molecule has 1 fully saturated rings. The first-order valence-electron chi connectivity index (χ1n) is 8.83. The molecular formula is C21H24N2O2. The Hall–Kier alpha value is -2.62. The predicted octanol–water partition coefficient (Wildman–Crippen LogP) is 2.93. The van der Waals surface area contributed by atoms with Gasteiger partial charge in [-0.3, -0.25) is 9.59 Å². The molecule has 2 N–H and O–H groups in total. The van der Waals surface area contributed by atoms with Crippen LogP contribution in [0.3, 0.4) is 0 Å². The molecule has 4 heteroatoms. The average molecular weight is 336 g/mol. The smallest absolute Gasteiger partial charge is 0.239 e. The summed E-state index contributed by atoms with van der Waals surface area (Å²) in [5.74, 6) is -0.00457. The summed E-state index contributed by atoms with van der Waals surface area (Å²) >= 11 is 0. The zero-order valence-electron chi connectivity index (χ0n) is 14.5. The highest BCUT2D eigenvalue weighted by molar-refractivity contribution is 5.86. The molecule has 25 heavy (non-hydrogen) atoms. The van der Waals surface area contributed by atoms with Crippen LogP contribution >= 0.6 is 0 Å². The Labute approximate surface area is 148 Å². The van der Waals surface area contributed by atoms with E-state index in [0.29, 0.717) is 0 Å². The van der Waals surface area contributed by atoms with Crippen molar-refractivity contribution in [1.82, 2.24) is 10.6 Å². The summed E-state index contributed by atoms with van der Waals surface area (Å²) in [5, 5.41) is 5.62. The number of hydrogen-bond donors (Lipinski definition) is 2. The van der Waals surface area contributed by atoms with Gasteiger partial charge < -0.3 is 10.6 Å². The van der Waals surface area contributed by atoms with Crippen molar-refractivity contribution < 1.29 is 9.59 Å². The van der Waals surface area contributed by atoms with Crippen LogP contribution in [-0.4, -0.2) is 24.4 Å². The number of amides is 2. The van der Waals surface area contributed by atoms with Crippen molar-refractivity contribution in [3.63, 3.8) is 0 Å². The molecule has 1 aliphatic rings. The number of nitrogens with one attached hydrogen (secondary N) is 2. The second-order valence-electron chi connectivity index (χ2n) is 6.73. The third kappa shape index (κ3) is 5.18. The third-order valence-electron chi connectivity index (χ3n) is 4.38. The first-order chi connectivity index (χ1) is 12.1. The fourth-order valence-corrected chi connectivity index (χ4v) is 2.85. The number of carbonyl (C=O) groups is 2. The molecule has 0 radical (unpaired) electrons. The van der Waals surface area contributed by atoms with Crippen molar-refractivity contribution >= 4 is 11.8 Å². The van der Waals surface area contributed by atoms with Crippen molar-refractivity contribution in [3.05, 3.63) is 60.2 Å². The predicted molar refractivity (Wildman–Crippen MR) is 98.9 cm³/mol. The molecule has 2 aromatic rings. The van der Waals surface area contributed by atoms with Crippen LogP contribution in [0.5, 0.6) is 0 Å². The van der Waals surface area contributed by atoms with Gasteiger partial charge in [-0.15, -0.1) is 0 Å². The molecule has 0 bridgehead atoms. The maximum Gasteiger partial charge on any atom is 0.239 e. The molecule has 2 aromatic carbocycles. The summed E-state index contributed by atoms with van der Waals surface area (Å²) in [6, 6.07) is 18.7. The minimum absolute atomic E-state index is 0.000645. The topological polar surface area (TPSA) is 58.2 Å². The Balaban J connectivity index is 1.46. The first kappa shape index (κ1) is 17.2. The van der Waals surface area contributed by atoms with Crippen molar-refractivity contribution in [2.75, 3.05) is 6.54 Å². The van der Waals surface area contributed by atoms with E-state index >= 15 is 0 Å². The standard InChI is InChI=1S/C21H24N2O2/c1-15(23-20(24)14-22-21(25)19-11-12-19)13-16-7-9-18(10-8-16)17-5-3-2-4-6-17/h2-10,15,19H,11-14H2,1H3,(H,22,25)(H,23,24)/t15-/m0/s1. The first-order valence-corrected chi connectivity index (χ1v) is 8.83. The summed E-state index contributed by atoms with van der Waals surface area (Å²) < 4.78 is 0. The maximum absolute atomic E-state index is 11.9. The average Bonchev–Trinajstić information content (AvgIpc) is 3.46. The van der Waals surface area contributed by atoms with Gasteiger partial charge >= 0.3 is 0 Å². The molecule has 0 saturated heterocycles. The lowest BCUT2D eigenvalue weighted by Gasteiger charge is -2.15. The van der Waals surface area contributed by atoms with E-state index < -0.39 is 0 Å². The van der Waals surface area contributed by atoms with Crippen LogP contribution in [0.25, 0.3) is 11.1 Å². The molecular weight excluding hydrogens is 312 g/mol. The van der Waals surface area contributed by atoms with Crippen LogP contribution in [0.15, 0.2) is 54.6 Å². The van der Waals surface area contributed by atoms with Gasteiger partial charge in [0.1, 0.15) is 0 Å². The second kappa shape index (κ2) is 7.97. The van der Waals surface area contributed by atoms with Crippen LogP contribution in [-0.2, 0) is 16.0 Å². The van der Waals surface area contributed by atoms with E-state index in [-0.39, 0.29) is 30.3 Å². The Morgan fingerprint density at radius 1 is 1.00 bits per heavy atom. The zero-order chi connectivity index (χ0) is 17.6. The van der Waals surface area contributed by atoms with Gasteiger partial charge in [-0.1, -0.05) is 54.6 Å². The van der Waals surface area contributed by atoms with Gasteiger partial charge in [-0.25, -0.2) is 0 Å². The molecule has 0 unspecified atom stereocenters. The molecule has 1 aliphatic carbocycles. The van der Waals surface area contributed by atoms with Crippen molar-refractivity contribution in [3.8, 4) is 11.1 Å². The van der Waals surface area contributed by atoms with Crippen LogP contribution in [0.4, 0.5) is 0 Å². The van der Waals surface area contributed by atoms with E-state index in [4.69, 9.17) is 0 Å². The lowest BCUT2D eigenvalue weighted by molar-refractivity contribution is -0.127. The maximum atomic E-state index is 11.9. The van der Waals surface area contributed by atoms with Gasteiger partial charge in [0.15, 0.2) is 0 Å². The van der Waals surface area contributed by atoms with E-state index in [0.717, 1.165) is 19.3 Å². The summed E-state index contributed by atoms with van der Waals surface area (Å²) in [4.78, 5) is 23.4. The van der Waals surface area contributed by atoms with Gasteiger partial charge in [-0.05, 0) is 42.9 Å². The molecule has 3 rings (SSSR count). The summed E-state index contributed by atoms with van der Waals surface area (Å²) in [5.41, 5.74) is 3.56. The Morgan fingerprint density at radius 3 is 2.28 bits per heavy atom. The normalized spacial score (nSPS) is 14.6. The van der Waals surface area contributed by atoms with Crippen molar-refractivity contribution in [2.45, 2.75) is 32.2 Å². The van der Waals surface area contributed by atoms with E-state index in [2.05, 4.69) is 47.0 Å². The zero-order valence-corrected chi connectivity index (χ0v) is 14.5. The van der Waals surface area contributed by atoms with Crippen LogP contribution in [0.2, 0.25) is 0 Å². The van der Waals surface area contributed by atoms with E-state index in [9.17, 15) is 9.59 Å². The molecule has 1 saturated carbocycles. The third-order valence-corrected chi connectivity index (χ3v) is 4.38. The molecule has 1 atom stereocenters. The highest BCUT2D eigenvalue weighted by atomic mass is 16.2. The fraction of sp³-hybridized carbons (Fsp3) is 0.333. The van der Waals surface area contributed by atoms with Crippen LogP contribution in [0, 0.1) is 5.92 Å². The summed E-state index contributed by atoms with van der Waals surface area (Å²) in [6.45, 7) is 2.04. The van der Waals surface area contributed by atoms with Crippen molar-refractivity contribution in [2.24, 2.45) is 5.92 Å². The number of hydrogen-bond acceptors (Lipinski definition) is 2. The molecule has 0 aliphatic heterocycles. The number of benzene rings is 2. The molecule has 0 spiro atoms. The van der Waals surface area contributed by atoms with Crippen LogP contribution < -0.4 is 10.6 Å². The summed E-state index contributed by atoms with van der Waals surface area (Å²) in [7, 11) is 0. The van der Waals surface area contributed by atoms with Gasteiger partial charge in [0.05, 0.1) is 6.54 Å². The van der Waals surface area contributed by atoms with Gasteiger partial charge in [-0.2, -0.15) is 0 Å². The molecule has 0 heterocycles. The van der Waals surface area contributed by atoms with E-state index in [1.54, 1.807) is 0 Å². The summed E-state index contributed by atoms with van der Waals surface area (Å²) in [6.07, 6.45) is 2.66. The largest absolute Gasteiger partial charge is 0.352 e. The van der Waals surface area contributed by atoms with Crippen molar-refractivity contribution in [1.29, 1.82) is 0 Å². The number of carbonyl (C=O) groups excluding carboxylic acids is 2. The molecule has 4 nitrogen and oxygen atoms in total. The van der Waals surface area contributed by atoms with E-state index in [1.165, 1.54) is 16.7 Å². The highest BCUT2D eigenvalue weighted by Gasteiger charge is 2.29. The Kier molecular flexibility index (Phi) is 5.49. The Bertz CT molecular complexity index is 721. The fourth-order valence-electron chi connectivity index (χ4n) is 2.85. The lowest BCUT2D eigenvalue weighted by atomic mass is 10.0. The minimum atomic E-state index is -0.137. The van der Waals surface area contributed by atoms with E-state index in [1.807, 2.05) is 25.1 Å². The van der Waals surface area contributed by atoms with Gasteiger partial charge in [0.2, 0.25) is 11.8 Å². The highest BCUT2D eigenvalue weighted by Crippen LogP contribution is 2.28. The van der Waals surface area contributed by atoms with Crippen LogP contribution in [0.1, 0.15) is 25.3 Å². The molecule has 2 amide bonds. The molecule has 0 aromatic heterocycles. The van der Waals surface area contributed by atoms with Gasteiger partial charge in [0, 0.05) is 12.0 Å². The number of rotatable bonds is 7.